The number of benzene rings is 2. The van der Waals surface area contributed by atoms with Gasteiger partial charge in [-0.3, -0.25) is 0 Å². The van der Waals surface area contributed by atoms with Gasteiger partial charge in [0, 0.05) is 12.1 Å². The van der Waals surface area contributed by atoms with E-state index in [1.165, 1.54) is 7.11 Å². The van der Waals surface area contributed by atoms with E-state index in [4.69, 9.17) is 4.74 Å². The fourth-order valence-corrected chi connectivity index (χ4v) is 2.17. The van der Waals surface area contributed by atoms with Crippen LogP contribution >= 0.6 is 0 Å². The van der Waals surface area contributed by atoms with Gasteiger partial charge in [-0.2, -0.15) is 0 Å². The molecule has 4 heteroatoms. The van der Waals surface area contributed by atoms with Crippen LogP contribution in [0, 0.1) is 11.6 Å². The van der Waals surface area contributed by atoms with Crippen LogP contribution in [0.5, 0.6) is 5.75 Å². The number of aliphatic hydroxyl groups excluding tert-OH is 1. The zero-order valence-electron chi connectivity index (χ0n) is 12.2. The van der Waals surface area contributed by atoms with Gasteiger partial charge in [-0.25, -0.2) is 8.78 Å². The smallest absolute Gasteiger partial charge is 0.135 e. The van der Waals surface area contributed by atoms with E-state index in [1.807, 2.05) is 26.0 Å². The van der Waals surface area contributed by atoms with Crippen molar-refractivity contribution in [1.82, 2.24) is 0 Å². The second-order valence-corrected chi connectivity index (χ2v) is 5.23. The minimum atomic E-state index is -1.35. The van der Waals surface area contributed by atoms with Crippen LogP contribution < -0.4 is 4.74 Å². The van der Waals surface area contributed by atoms with Crippen LogP contribution in [0.15, 0.2) is 36.4 Å². The molecule has 0 aliphatic rings. The maximum atomic E-state index is 14.0. The topological polar surface area (TPSA) is 29.5 Å². The molecule has 0 aliphatic heterocycles. The van der Waals surface area contributed by atoms with Crippen LogP contribution in [0.25, 0.3) is 0 Å². The summed E-state index contributed by atoms with van der Waals surface area (Å²) in [4.78, 5) is 0. The van der Waals surface area contributed by atoms with Gasteiger partial charge in [-0.15, -0.1) is 0 Å². The van der Waals surface area contributed by atoms with Crippen LogP contribution in [0.1, 0.15) is 42.6 Å². The standard InChI is InChI=1S/C17H18F2O2/c1-10(2)11-4-6-12(7-5-11)17(20)16-14(18)8-13(21-3)9-15(16)19/h4-10,17,20H,1-3H3. The molecule has 0 heterocycles. The molecular formula is C17H18F2O2. The Bertz CT molecular complexity index is 598. The lowest BCUT2D eigenvalue weighted by Crippen LogP contribution is -2.06. The first-order chi connectivity index (χ1) is 9.93. The van der Waals surface area contributed by atoms with Crippen LogP contribution in [0.2, 0.25) is 0 Å². The van der Waals surface area contributed by atoms with E-state index in [-0.39, 0.29) is 11.3 Å². The van der Waals surface area contributed by atoms with Gasteiger partial charge in [0.05, 0.1) is 12.7 Å². The van der Waals surface area contributed by atoms with Gasteiger partial charge in [0.2, 0.25) is 0 Å². The maximum Gasteiger partial charge on any atom is 0.135 e. The molecule has 2 aromatic carbocycles. The van der Waals surface area contributed by atoms with Crippen molar-refractivity contribution in [2.45, 2.75) is 25.9 Å². The molecular weight excluding hydrogens is 274 g/mol. The largest absolute Gasteiger partial charge is 0.497 e. The summed E-state index contributed by atoms with van der Waals surface area (Å²) in [5.41, 5.74) is 1.18. The maximum absolute atomic E-state index is 14.0. The molecule has 0 saturated heterocycles. The average Bonchev–Trinajstić information content (AvgIpc) is 2.46. The van der Waals surface area contributed by atoms with Crippen molar-refractivity contribution >= 4 is 0 Å². The van der Waals surface area contributed by atoms with E-state index in [0.29, 0.717) is 11.5 Å². The average molecular weight is 292 g/mol. The summed E-state index contributed by atoms with van der Waals surface area (Å²) in [6, 6.07) is 9.19. The summed E-state index contributed by atoms with van der Waals surface area (Å²) in [6.07, 6.45) is -1.35. The van der Waals surface area contributed by atoms with E-state index in [1.54, 1.807) is 12.1 Å². The summed E-state index contributed by atoms with van der Waals surface area (Å²) in [5, 5.41) is 10.2. The summed E-state index contributed by atoms with van der Waals surface area (Å²) >= 11 is 0. The second kappa shape index (κ2) is 6.22. The normalized spacial score (nSPS) is 12.5. The Morgan fingerprint density at radius 3 is 1.86 bits per heavy atom. The zero-order valence-corrected chi connectivity index (χ0v) is 12.2. The third kappa shape index (κ3) is 3.22. The van der Waals surface area contributed by atoms with Crippen molar-refractivity contribution in [3.8, 4) is 5.75 Å². The third-order valence-corrected chi connectivity index (χ3v) is 3.48. The Kier molecular flexibility index (Phi) is 4.58. The molecule has 0 radical (unpaired) electrons. The highest BCUT2D eigenvalue weighted by Crippen LogP contribution is 2.30. The number of aliphatic hydroxyl groups is 1. The quantitative estimate of drug-likeness (QED) is 0.916. The van der Waals surface area contributed by atoms with Crippen molar-refractivity contribution in [3.63, 3.8) is 0 Å². The molecule has 21 heavy (non-hydrogen) atoms. The highest BCUT2D eigenvalue weighted by Gasteiger charge is 2.21. The molecule has 112 valence electrons. The van der Waals surface area contributed by atoms with Crippen molar-refractivity contribution in [1.29, 1.82) is 0 Å². The Morgan fingerprint density at radius 1 is 0.952 bits per heavy atom. The van der Waals surface area contributed by atoms with Gasteiger partial charge >= 0.3 is 0 Å². The number of ether oxygens (including phenoxy) is 1. The molecule has 1 atom stereocenters. The summed E-state index contributed by atoms with van der Waals surface area (Å²) in [7, 11) is 1.33. The third-order valence-electron chi connectivity index (χ3n) is 3.48. The molecule has 0 fully saturated rings. The van der Waals surface area contributed by atoms with Crippen LogP contribution in [-0.2, 0) is 0 Å². The van der Waals surface area contributed by atoms with E-state index >= 15 is 0 Å². The van der Waals surface area contributed by atoms with Gasteiger partial charge in [0.15, 0.2) is 0 Å². The lowest BCUT2D eigenvalue weighted by atomic mass is 9.96. The number of rotatable bonds is 4. The Hall–Kier alpha value is -1.94. The molecule has 0 saturated carbocycles. The van der Waals surface area contributed by atoms with E-state index in [2.05, 4.69) is 0 Å². The van der Waals surface area contributed by atoms with E-state index in [9.17, 15) is 13.9 Å². The van der Waals surface area contributed by atoms with Gasteiger partial charge < -0.3 is 9.84 Å². The minimum absolute atomic E-state index is 0.0797. The monoisotopic (exact) mass is 292 g/mol. The molecule has 0 amide bonds. The molecule has 0 bridgehead atoms. The molecule has 2 rings (SSSR count). The van der Waals surface area contributed by atoms with Crippen molar-refractivity contribution in [2.75, 3.05) is 7.11 Å². The predicted molar refractivity (Wildman–Crippen MR) is 77.5 cm³/mol. The lowest BCUT2D eigenvalue weighted by molar-refractivity contribution is 0.208. The first-order valence-electron chi connectivity index (χ1n) is 6.75. The van der Waals surface area contributed by atoms with Gasteiger partial charge in [0.1, 0.15) is 23.5 Å². The fourth-order valence-electron chi connectivity index (χ4n) is 2.17. The fraction of sp³-hybridized carbons (Fsp3) is 0.294. The summed E-state index contributed by atoms with van der Waals surface area (Å²) < 4.78 is 32.7. The second-order valence-electron chi connectivity index (χ2n) is 5.23. The lowest BCUT2D eigenvalue weighted by Gasteiger charge is -2.15. The first kappa shape index (κ1) is 15.4. The molecule has 0 aliphatic carbocycles. The highest BCUT2D eigenvalue weighted by molar-refractivity contribution is 5.37. The molecule has 1 N–H and O–H groups in total. The van der Waals surface area contributed by atoms with Crippen molar-refractivity contribution in [2.24, 2.45) is 0 Å². The van der Waals surface area contributed by atoms with E-state index in [0.717, 1.165) is 17.7 Å². The molecule has 2 aromatic rings. The van der Waals surface area contributed by atoms with E-state index < -0.39 is 17.7 Å². The van der Waals surface area contributed by atoms with Crippen LogP contribution in [0.3, 0.4) is 0 Å². The SMILES string of the molecule is COc1cc(F)c(C(O)c2ccc(C(C)C)cc2)c(F)c1. The van der Waals surface area contributed by atoms with Crippen molar-refractivity contribution < 1.29 is 18.6 Å². The first-order valence-corrected chi connectivity index (χ1v) is 6.75. The van der Waals surface area contributed by atoms with Crippen LogP contribution in [0.4, 0.5) is 8.78 Å². The molecule has 2 nitrogen and oxygen atoms in total. The Morgan fingerprint density at radius 2 is 1.43 bits per heavy atom. The predicted octanol–water partition coefficient (Wildman–Crippen LogP) is 4.18. The number of halogens is 2. The van der Waals surface area contributed by atoms with Crippen molar-refractivity contribution in [3.05, 3.63) is 64.7 Å². The zero-order chi connectivity index (χ0) is 15.6. The van der Waals surface area contributed by atoms with Crippen LogP contribution in [-0.4, -0.2) is 12.2 Å². The summed E-state index contributed by atoms with van der Waals surface area (Å²) in [6.45, 7) is 4.10. The Balaban J connectivity index is 2.37. The Labute approximate surface area is 123 Å². The van der Waals surface area contributed by atoms with Gasteiger partial charge in [-0.05, 0) is 17.0 Å². The number of hydrogen-bond acceptors (Lipinski definition) is 2. The summed E-state index contributed by atoms with van der Waals surface area (Å²) in [5.74, 6) is -1.22. The molecule has 1 unspecified atom stereocenters. The number of hydrogen-bond donors (Lipinski definition) is 1. The van der Waals surface area contributed by atoms with Gasteiger partial charge in [0.25, 0.3) is 0 Å². The van der Waals surface area contributed by atoms with Gasteiger partial charge in [-0.1, -0.05) is 38.1 Å². The highest BCUT2D eigenvalue weighted by atomic mass is 19.1. The molecule has 0 spiro atoms. The number of methoxy groups -OCH3 is 1. The molecule has 0 aromatic heterocycles. The minimum Gasteiger partial charge on any atom is -0.497 e.